The first-order valence-electron chi connectivity index (χ1n) is 10.2. The van der Waals surface area contributed by atoms with Gasteiger partial charge in [-0.2, -0.15) is 5.10 Å². The maximum absolute atomic E-state index is 13.9. The van der Waals surface area contributed by atoms with E-state index in [0.29, 0.717) is 30.6 Å². The highest BCUT2D eigenvalue weighted by Gasteiger charge is 2.48. The third-order valence-electron chi connectivity index (χ3n) is 6.19. The summed E-state index contributed by atoms with van der Waals surface area (Å²) in [5.74, 6) is -0.787. The van der Waals surface area contributed by atoms with E-state index < -0.39 is 5.82 Å². The number of carbonyl (C=O) groups excluding carboxylic acids is 2. The topological polar surface area (TPSA) is 97.6 Å². The molecule has 2 aliphatic rings. The fourth-order valence-electron chi connectivity index (χ4n) is 4.65. The summed E-state index contributed by atoms with van der Waals surface area (Å²) in [6.45, 7) is 0.783. The zero-order valence-electron chi connectivity index (χ0n) is 17.1. The summed E-state index contributed by atoms with van der Waals surface area (Å²) >= 11 is 0. The Morgan fingerprint density at radius 2 is 1.84 bits per heavy atom. The molecule has 1 aromatic carbocycles. The summed E-state index contributed by atoms with van der Waals surface area (Å²) < 4.78 is 26.4. The number of hydrogen-bond donors (Lipinski definition) is 0. The highest BCUT2D eigenvalue weighted by molar-refractivity contribution is 5.97. The Kier molecular flexibility index (Phi) is 3.98. The number of piperazine rings is 1. The smallest absolute Gasteiger partial charge is 0.292 e. The first-order chi connectivity index (χ1) is 15.5. The lowest BCUT2D eigenvalue weighted by atomic mass is 10.2. The quantitative estimate of drug-likeness (QED) is 0.491. The summed E-state index contributed by atoms with van der Waals surface area (Å²) in [6, 6.07) is 7.49. The van der Waals surface area contributed by atoms with E-state index in [0.717, 1.165) is 5.56 Å². The van der Waals surface area contributed by atoms with Crippen molar-refractivity contribution in [3.8, 4) is 11.3 Å². The lowest BCUT2D eigenvalue weighted by Gasteiger charge is -2.33. The molecule has 2 amide bonds. The molecule has 0 N–H and O–H groups in total. The maximum Gasteiger partial charge on any atom is 0.292 e. The molecule has 2 saturated heterocycles. The predicted molar refractivity (Wildman–Crippen MR) is 109 cm³/mol. The fourth-order valence-corrected chi connectivity index (χ4v) is 4.65. The molecule has 3 aromatic heterocycles. The standard InChI is InChI=1S/C22H18FN5O4/c1-26-9-13(8-24-26)17-7-19(32-25-17)22(30)28-11-14-6-15(28)10-27(14)21(29)18-5-12-3-2-4-16(23)20(12)31-18/h2-5,7-9,14-15H,6,10-11H2,1H3/t14-,15-/m0/s1. The Hall–Kier alpha value is -3.95. The third kappa shape index (κ3) is 2.83. The highest BCUT2D eigenvalue weighted by Crippen LogP contribution is 2.34. The van der Waals surface area contributed by atoms with Gasteiger partial charge in [0.15, 0.2) is 17.2 Å². The first-order valence-corrected chi connectivity index (χ1v) is 10.2. The van der Waals surface area contributed by atoms with Crippen LogP contribution in [-0.4, -0.2) is 61.7 Å². The van der Waals surface area contributed by atoms with Crippen LogP contribution >= 0.6 is 0 Å². The zero-order valence-corrected chi connectivity index (χ0v) is 17.1. The Balaban J connectivity index is 1.17. The van der Waals surface area contributed by atoms with Crippen LogP contribution in [0.3, 0.4) is 0 Å². The van der Waals surface area contributed by atoms with Crippen LogP contribution in [0.15, 0.2) is 51.7 Å². The average Bonchev–Trinajstić information content (AvgIpc) is 3.60. The molecule has 162 valence electrons. The Morgan fingerprint density at radius 3 is 2.50 bits per heavy atom. The van der Waals surface area contributed by atoms with E-state index >= 15 is 0 Å². The number of hydrogen-bond acceptors (Lipinski definition) is 6. The lowest BCUT2D eigenvalue weighted by Crippen LogP contribution is -2.50. The number of aryl methyl sites for hydroxylation is 1. The van der Waals surface area contributed by atoms with Crippen molar-refractivity contribution >= 4 is 22.8 Å². The van der Waals surface area contributed by atoms with Gasteiger partial charge in [0.05, 0.1) is 18.3 Å². The van der Waals surface area contributed by atoms with Crippen LogP contribution < -0.4 is 0 Å². The Bertz CT molecular complexity index is 1370. The molecule has 0 aliphatic carbocycles. The number of fused-ring (bicyclic) bond motifs is 3. The van der Waals surface area contributed by atoms with E-state index in [2.05, 4.69) is 10.3 Å². The summed E-state index contributed by atoms with van der Waals surface area (Å²) in [4.78, 5) is 29.4. The zero-order chi connectivity index (χ0) is 22.0. The summed E-state index contributed by atoms with van der Waals surface area (Å²) in [5.41, 5.74) is 1.38. The van der Waals surface area contributed by atoms with Gasteiger partial charge < -0.3 is 18.7 Å². The summed E-state index contributed by atoms with van der Waals surface area (Å²) in [5, 5.41) is 8.63. The van der Waals surface area contributed by atoms with Gasteiger partial charge in [-0.05, 0) is 18.6 Å². The number of halogens is 1. The van der Waals surface area contributed by atoms with Crippen LogP contribution in [0.5, 0.6) is 0 Å². The van der Waals surface area contributed by atoms with E-state index in [1.165, 1.54) is 6.07 Å². The molecule has 9 nitrogen and oxygen atoms in total. The first kappa shape index (κ1) is 18.8. The van der Waals surface area contributed by atoms with Crippen LogP contribution in [0, 0.1) is 5.82 Å². The van der Waals surface area contributed by atoms with Crippen molar-refractivity contribution in [2.24, 2.45) is 7.05 Å². The second kappa shape index (κ2) is 6.78. The molecular weight excluding hydrogens is 417 g/mol. The molecule has 10 heteroatoms. The maximum atomic E-state index is 13.9. The van der Waals surface area contributed by atoms with Crippen molar-refractivity contribution in [1.29, 1.82) is 0 Å². The number of likely N-dealkylation sites (tertiary alicyclic amines) is 2. The number of nitrogens with zero attached hydrogens (tertiary/aromatic N) is 5. The van der Waals surface area contributed by atoms with E-state index in [9.17, 15) is 14.0 Å². The molecule has 2 bridgehead atoms. The molecule has 2 atom stereocenters. The minimum Gasteiger partial charge on any atom is -0.448 e. The van der Waals surface area contributed by atoms with Crippen molar-refractivity contribution < 1.29 is 22.9 Å². The van der Waals surface area contributed by atoms with Crippen LogP contribution in [0.1, 0.15) is 27.5 Å². The van der Waals surface area contributed by atoms with E-state index in [4.69, 9.17) is 8.94 Å². The van der Waals surface area contributed by atoms with Crippen LogP contribution in [-0.2, 0) is 7.05 Å². The van der Waals surface area contributed by atoms with Gasteiger partial charge in [-0.25, -0.2) is 4.39 Å². The van der Waals surface area contributed by atoms with Crippen molar-refractivity contribution in [3.63, 3.8) is 0 Å². The Labute approximate surface area is 181 Å². The van der Waals surface area contributed by atoms with Gasteiger partial charge >= 0.3 is 0 Å². The largest absolute Gasteiger partial charge is 0.448 e. The van der Waals surface area contributed by atoms with Gasteiger partial charge in [0.25, 0.3) is 11.8 Å². The van der Waals surface area contributed by atoms with Crippen LogP contribution in [0.2, 0.25) is 0 Å². The molecule has 2 aliphatic heterocycles. The number of amides is 2. The van der Waals surface area contributed by atoms with E-state index in [1.54, 1.807) is 58.2 Å². The molecular formula is C22H18FN5O4. The minimum atomic E-state index is -0.501. The number of benzene rings is 1. The predicted octanol–water partition coefficient (Wildman–Crippen LogP) is 2.70. The van der Waals surface area contributed by atoms with Gasteiger partial charge in [-0.1, -0.05) is 17.3 Å². The molecule has 0 saturated carbocycles. The van der Waals surface area contributed by atoms with Gasteiger partial charge in [0, 0.05) is 43.4 Å². The van der Waals surface area contributed by atoms with Crippen molar-refractivity contribution in [2.45, 2.75) is 18.5 Å². The number of aromatic nitrogens is 3. The van der Waals surface area contributed by atoms with Crippen LogP contribution in [0.4, 0.5) is 4.39 Å². The van der Waals surface area contributed by atoms with Crippen LogP contribution in [0.25, 0.3) is 22.2 Å². The number of carbonyl (C=O) groups is 2. The number of para-hydroxylation sites is 1. The molecule has 2 fully saturated rings. The highest BCUT2D eigenvalue weighted by atomic mass is 19.1. The van der Waals surface area contributed by atoms with Gasteiger partial charge in [0.1, 0.15) is 5.69 Å². The normalized spacial score (nSPS) is 19.9. The lowest BCUT2D eigenvalue weighted by molar-refractivity contribution is 0.0489. The van der Waals surface area contributed by atoms with Crippen molar-refractivity contribution in [1.82, 2.24) is 24.7 Å². The molecule has 4 aromatic rings. The molecule has 0 unspecified atom stereocenters. The molecule has 32 heavy (non-hydrogen) atoms. The van der Waals surface area contributed by atoms with Gasteiger partial charge in [-0.3, -0.25) is 14.3 Å². The summed E-state index contributed by atoms with van der Waals surface area (Å²) in [7, 11) is 1.80. The second-order valence-corrected chi connectivity index (χ2v) is 8.21. The Morgan fingerprint density at radius 1 is 1.09 bits per heavy atom. The SMILES string of the molecule is Cn1cc(-c2cc(C(=O)N3C[C@@H]4C[C@H]3CN4C(=O)c3cc4cccc(F)c4o3)on2)cn1. The molecule has 0 radical (unpaired) electrons. The molecule has 6 rings (SSSR count). The number of rotatable bonds is 3. The van der Waals surface area contributed by atoms with Gasteiger partial charge in [0.2, 0.25) is 5.76 Å². The minimum absolute atomic E-state index is 0.0757. The van der Waals surface area contributed by atoms with E-state index in [-0.39, 0.29) is 41.0 Å². The van der Waals surface area contributed by atoms with E-state index in [1.807, 2.05) is 0 Å². The second-order valence-electron chi connectivity index (χ2n) is 8.21. The third-order valence-corrected chi connectivity index (χ3v) is 6.19. The fraction of sp³-hybridized carbons (Fsp3) is 0.273. The van der Waals surface area contributed by atoms with Crippen molar-refractivity contribution in [2.75, 3.05) is 13.1 Å². The van der Waals surface area contributed by atoms with Crippen molar-refractivity contribution in [3.05, 3.63) is 60.1 Å². The average molecular weight is 435 g/mol. The molecule has 0 spiro atoms. The molecule has 5 heterocycles. The monoisotopic (exact) mass is 435 g/mol. The number of furan rings is 1. The van der Waals surface area contributed by atoms with Gasteiger partial charge in [-0.15, -0.1) is 0 Å². The summed E-state index contributed by atoms with van der Waals surface area (Å²) in [6.07, 6.45) is 4.12.